The molecule has 1 saturated heterocycles. The summed E-state index contributed by atoms with van der Waals surface area (Å²) in [6.07, 6.45) is 2.56. The SMILES string of the molecule is Br.CC(O)SCC1CCNCC1. The van der Waals surface area contributed by atoms with Gasteiger partial charge >= 0.3 is 0 Å². The molecule has 0 bridgehead atoms. The van der Waals surface area contributed by atoms with Gasteiger partial charge in [0.15, 0.2) is 0 Å². The van der Waals surface area contributed by atoms with Crippen LogP contribution in [0.2, 0.25) is 0 Å². The Morgan fingerprint density at radius 2 is 2.08 bits per heavy atom. The number of hydrogen-bond acceptors (Lipinski definition) is 3. The van der Waals surface area contributed by atoms with E-state index < -0.39 is 0 Å². The first-order chi connectivity index (χ1) is 5.29. The lowest BCUT2D eigenvalue weighted by atomic mass is 10.0. The Morgan fingerprint density at radius 3 is 2.58 bits per heavy atom. The van der Waals surface area contributed by atoms with E-state index in [-0.39, 0.29) is 22.4 Å². The molecule has 4 heteroatoms. The summed E-state index contributed by atoms with van der Waals surface area (Å²) < 4.78 is 0. The Hall–Kier alpha value is 0.750. The van der Waals surface area contributed by atoms with Gasteiger partial charge in [0.25, 0.3) is 0 Å². The van der Waals surface area contributed by atoms with Gasteiger partial charge in [-0.25, -0.2) is 0 Å². The lowest BCUT2D eigenvalue weighted by molar-refractivity contribution is 0.282. The maximum Gasteiger partial charge on any atom is 0.0964 e. The average Bonchev–Trinajstić information content (AvgIpc) is 2.03. The topological polar surface area (TPSA) is 32.3 Å². The molecule has 1 aliphatic heterocycles. The molecule has 1 heterocycles. The van der Waals surface area contributed by atoms with Crippen molar-refractivity contribution in [1.82, 2.24) is 5.32 Å². The molecule has 1 rings (SSSR count). The second kappa shape index (κ2) is 7.18. The third-order valence-corrected chi connectivity index (χ3v) is 3.18. The third-order valence-electron chi connectivity index (χ3n) is 2.03. The van der Waals surface area contributed by atoms with Gasteiger partial charge in [0.05, 0.1) is 5.44 Å². The molecular formula is C8H18BrNOS. The number of piperidine rings is 1. The molecule has 1 aliphatic rings. The number of halogens is 1. The number of aliphatic hydroxyl groups is 1. The lowest BCUT2D eigenvalue weighted by Gasteiger charge is -2.22. The maximum atomic E-state index is 9.03. The summed E-state index contributed by atoms with van der Waals surface area (Å²) >= 11 is 1.67. The van der Waals surface area contributed by atoms with Crippen LogP contribution in [-0.2, 0) is 0 Å². The second-order valence-electron chi connectivity index (χ2n) is 3.13. The summed E-state index contributed by atoms with van der Waals surface area (Å²) in [4.78, 5) is 0. The normalized spacial score (nSPS) is 21.5. The van der Waals surface area contributed by atoms with Crippen molar-refractivity contribution in [2.45, 2.75) is 25.2 Å². The predicted molar refractivity (Wildman–Crippen MR) is 60.1 cm³/mol. The molecule has 0 radical (unpaired) electrons. The number of rotatable bonds is 3. The first-order valence-corrected chi connectivity index (χ1v) is 5.34. The number of aliphatic hydroxyl groups excluding tert-OH is 1. The Balaban J connectivity index is 0.00000121. The summed E-state index contributed by atoms with van der Waals surface area (Å²) in [5.41, 5.74) is -0.190. The van der Waals surface area contributed by atoms with Crippen molar-refractivity contribution in [3.05, 3.63) is 0 Å². The highest BCUT2D eigenvalue weighted by Crippen LogP contribution is 2.19. The molecule has 0 saturated carbocycles. The largest absolute Gasteiger partial charge is 0.383 e. The van der Waals surface area contributed by atoms with Crippen LogP contribution < -0.4 is 5.32 Å². The van der Waals surface area contributed by atoms with Crippen LogP contribution in [0.5, 0.6) is 0 Å². The van der Waals surface area contributed by atoms with E-state index in [1.807, 2.05) is 6.92 Å². The van der Waals surface area contributed by atoms with Crippen LogP contribution in [0.4, 0.5) is 0 Å². The second-order valence-corrected chi connectivity index (χ2v) is 4.47. The van der Waals surface area contributed by atoms with E-state index in [0.717, 1.165) is 24.8 Å². The van der Waals surface area contributed by atoms with Crippen LogP contribution in [0, 0.1) is 5.92 Å². The summed E-state index contributed by atoms with van der Waals surface area (Å²) in [7, 11) is 0. The van der Waals surface area contributed by atoms with Gasteiger partial charge < -0.3 is 10.4 Å². The van der Waals surface area contributed by atoms with E-state index in [1.54, 1.807) is 11.8 Å². The minimum absolute atomic E-state index is 0. The highest BCUT2D eigenvalue weighted by Gasteiger charge is 2.13. The average molecular weight is 256 g/mol. The molecule has 0 aromatic carbocycles. The number of nitrogens with one attached hydrogen (secondary N) is 1. The third kappa shape index (κ3) is 5.41. The van der Waals surface area contributed by atoms with E-state index >= 15 is 0 Å². The zero-order valence-corrected chi connectivity index (χ0v) is 9.98. The van der Waals surface area contributed by atoms with Crippen molar-refractivity contribution in [1.29, 1.82) is 0 Å². The minimum Gasteiger partial charge on any atom is -0.383 e. The molecule has 2 nitrogen and oxygen atoms in total. The zero-order valence-electron chi connectivity index (χ0n) is 7.45. The van der Waals surface area contributed by atoms with Crippen LogP contribution >= 0.6 is 28.7 Å². The van der Waals surface area contributed by atoms with Gasteiger partial charge in [0, 0.05) is 0 Å². The van der Waals surface area contributed by atoms with E-state index in [1.165, 1.54) is 12.8 Å². The highest BCUT2D eigenvalue weighted by molar-refractivity contribution is 8.93. The van der Waals surface area contributed by atoms with Crippen LogP contribution in [0.3, 0.4) is 0 Å². The molecule has 1 unspecified atom stereocenters. The smallest absolute Gasteiger partial charge is 0.0964 e. The summed E-state index contributed by atoms with van der Waals surface area (Å²) in [5, 5.41) is 12.4. The Bertz CT molecular complexity index is 107. The lowest BCUT2D eigenvalue weighted by Crippen LogP contribution is -2.29. The quantitative estimate of drug-likeness (QED) is 0.753. The van der Waals surface area contributed by atoms with Crippen LogP contribution in [0.25, 0.3) is 0 Å². The minimum atomic E-state index is -0.190. The fourth-order valence-electron chi connectivity index (χ4n) is 1.32. The van der Waals surface area contributed by atoms with Gasteiger partial charge in [-0.2, -0.15) is 0 Å². The number of thioether (sulfide) groups is 1. The molecule has 74 valence electrons. The Kier molecular flexibility index (Phi) is 7.63. The first-order valence-electron chi connectivity index (χ1n) is 4.29. The van der Waals surface area contributed by atoms with Crippen molar-refractivity contribution in [2.24, 2.45) is 5.92 Å². The number of hydrogen-bond donors (Lipinski definition) is 2. The van der Waals surface area contributed by atoms with E-state index in [0.29, 0.717) is 0 Å². The molecule has 1 atom stereocenters. The predicted octanol–water partition coefficient (Wildman–Crippen LogP) is 1.64. The maximum absolute atomic E-state index is 9.03. The summed E-state index contributed by atoms with van der Waals surface area (Å²) in [6, 6.07) is 0. The van der Waals surface area contributed by atoms with E-state index in [2.05, 4.69) is 5.32 Å². The van der Waals surface area contributed by atoms with E-state index in [9.17, 15) is 0 Å². The Morgan fingerprint density at radius 1 is 1.50 bits per heavy atom. The van der Waals surface area contributed by atoms with Crippen molar-refractivity contribution >= 4 is 28.7 Å². The zero-order chi connectivity index (χ0) is 8.10. The molecule has 0 aromatic rings. The van der Waals surface area contributed by atoms with Crippen molar-refractivity contribution < 1.29 is 5.11 Å². The molecular weight excluding hydrogens is 238 g/mol. The molecule has 12 heavy (non-hydrogen) atoms. The molecule has 0 spiro atoms. The van der Waals surface area contributed by atoms with Crippen molar-refractivity contribution in [3.8, 4) is 0 Å². The van der Waals surface area contributed by atoms with Gasteiger partial charge in [-0.05, 0) is 44.5 Å². The van der Waals surface area contributed by atoms with Crippen molar-refractivity contribution in [3.63, 3.8) is 0 Å². The van der Waals surface area contributed by atoms with Crippen LogP contribution in [0.1, 0.15) is 19.8 Å². The van der Waals surface area contributed by atoms with E-state index in [4.69, 9.17) is 5.11 Å². The summed E-state index contributed by atoms with van der Waals surface area (Å²) in [5.74, 6) is 1.95. The standard InChI is InChI=1S/C8H17NOS.BrH/c1-7(10)11-6-8-2-4-9-5-3-8;/h7-10H,2-6H2,1H3;1H. The fourth-order valence-corrected chi connectivity index (χ4v) is 2.21. The monoisotopic (exact) mass is 255 g/mol. The fraction of sp³-hybridized carbons (Fsp3) is 1.00. The van der Waals surface area contributed by atoms with Crippen LogP contribution in [0.15, 0.2) is 0 Å². The van der Waals surface area contributed by atoms with Gasteiger partial charge in [-0.1, -0.05) is 0 Å². The highest BCUT2D eigenvalue weighted by atomic mass is 79.9. The first kappa shape index (κ1) is 12.8. The van der Waals surface area contributed by atoms with Crippen LogP contribution in [-0.4, -0.2) is 29.4 Å². The summed E-state index contributed by atoms with van der Waals surface area (Å²) in [6.45, 7) is 4.15. The molecule has 1 fully saturated rings. The Labute approximate surface area is 89.3 Å². The molecule has 0 aromatic heterocycles. The molecule has 2 N–H and O–H groups in total. The molecule has 0 aliphatic carbocycles. The van der Waals surface area contributed by atoms with Gasteiger partial charge in [-0.3, -0.25) is 0 Å². The van der Waals surface area contributed by atoms with Crippen molar-refractivity contribution in [2.75, 3.05) is 18.8 Å². The molecule has 0 amide bonds. The van der Waals surface area contributed by atoms with Gasteiger partial charge in [0.1, 0.15) is 0 Å². The van der Waals surface area contributed by atoms with Gasteiger partial charge in [0.2, 0.25) is 0 Å². The van der Waals surface area contributed by atoms with Gasteiger partial charge in [-0.15, -0.1) is 28.7 Å².